The lowest BCUT2D eigenvalue weighted by Crippen LogP contribution is -2.39. The van der Waals surface area contributed by atoms with E-state index in [1.807, 2.05) is 0 Å². The number of H-pyrrole nitrogens is 1. The summed E-state index contributed by atoms with van der Waals surface area (Å²) in [5, 5.41) is 9.31. The standard InChI is InChI=1S/C15H16FN3O4/c1-18(2)8-7-11-12(14(21)22)13(20)19(15(23)17-11)10-5-3-9(16)4-6-10/h3-6H,7-8H2,1-2H3,(H,17,23)(H,21,22). The van der Waals surface area contributed by atoms with Gasteiger partial charge in [-0.3, -0.25) is 4.79 Å². The van der Waals surface area contributed by atoms with Crippen molar-refractivity contribution in [1.29, 1.82) is 0 Å². The van der Waals surface area contributed by atoms with Gasteiger partial charge < -0.3 is 15.0 Å². The van der Waals surface area contributed by atoms with E-state index in [2.05, 4.69) is 4.98 Å². The summed E-state index contributed by atoms with van der Waals surface area (Å²) in [5.74, 6) is -1.95. The molecule has 0 unspecified atom stereocenters. The van der Waals surface area contributed by atoms with Gasteiger partial charge in [0.15, 0.2) is 0 Å². The van der Waals surface area contributed by atoms with E-state index in [1.54, 1.807) is 19.0 Å². The molecule has 0 bridgehead atoms. The molecule has 0 spiro atoms. The molecule has 2 rings (SSSR count). The zero-order valence-corrected chi connectivity index (χ0v) is 12.7. The molecule has 2 aromatic rings. The van der Waals surface area contributed by atoms with Crippen molar-refractivity contribution >= 4 is 5.97 Å². The largest absolute Gasteiger partial charge is 0.477 e. The molecule has 0 saturated heterocycles. The number of carboxylic acid groups (broad SMARTS) is 1. The Morgan fingerprint density at radius 1 is 1.26 bits per heavy atom. The Morgan fingerprint density at radius 3 is 2.39 bits per heavy atom. The van der Waals surface area contributed by atoms with Crippen LogP contribution in [-0.2, 0) is 6.42 Å². The van der Waals surface area contributed by atoms with E-state index in [-0.39, 0.29) is 17.8 Å². The first kappa shape index (κ1) is 16.6. The molecule has 7 nitrogen and oxygen atoms in total. The number of aromatic nitrogens is 2. The molecule has 8 heteroatoms. The Morgan fingerprint density at radius 2 is 1.87 bits per heavy atom. The number of aromatic carboxylic acids is 1. The molecule has 122 valence electrons. The predicted molar refractivity (Wildman–Crippen MR) is 81.8 cm³/mol. The smallest absolute Gasteiger partial charge is 0.343 e. The number of hydrogen-bond acceptors (Lipinski definition) is 4. The van der Waals surface area contributed by atoms with Gasteiger partial charge in [0.25, 0.3) is 5.56 Å². The van der Waals surface area contributed by atoms with Crippen LogP contribution in [0.25, 0.3) is 5.69 Å². The Kier molecular flexibility index (Phi) is 4.75. The number of hydrogen-bond donors (Lipinski definition) is 2. The van der Waals surface area contributed by atoms with Crippen molar-refractivity contribution in [2.24, 2.45) is 0 Å². The second-order valence-electron chi connectivity index (χ2n) is 5.26. The first-order valence-corrected chi connectivity index (χ1v) is 6.83. The fraction of sp³-hybridized carbons (Fsp3) is 0.267. The highest BCUT2D eigenvalue weighted by Gasteiger charge is 2.20. The molecular weight excluding hydrogens is 305 g/mol. The number of likely N-dealkylation sites (N-methyl/N-ethyl adjacent to an activating group) is 1. The van der Waals surface area contributed by atoms with E-state index >= 15 is 0 Å². The maximum Gasteiger partial charge on any atom is 0.343 e. The van der Waals surface area contributed by atoms with Gasteiger partial charge in [-0.25, -0.2) is 18.5 Å². The Hall–Kier alpha value is -2.74. The molecule has 0 fully saturated rings. The van der Waals surface area contributed by atoms with Gasteiger partial charge in [-0.2, -0.15) is 0 Å². The maximum atomic E-state index is 13.0. The monoisotopic (exact) mass is 321 g/mol. The number of carboxylic acids is 1. The van der Waals surface area contributed by atoms with Crippen LogP contribution in [-0.4, -0.2) is 46.2 Å². The van der Waals surface area contributed by atoms with Crippen molar-refractivity contribution < 1.29 is 14.3 Å². The van der Waals surface area contributed by atoms with Gasteiger partial charge in [-0.15, -0.1) is 0 Å². The fourth-order valence-electron chi connectivity index (χ4n) is 2.15. The minimum absolute atomic E-state index is 0.0690. The van der Waals surface area contributed by atoms with Crippen LogP contribution in [0.1, 0.15) is 16.1 Å². The third-order valence-corrected chi connectivity index (χ3v) is 3.29. The molecule has 0 aliphatic rings. The average molecular weight is 321 g/mol. The second-order valence-corrected chi connectivity index (χ2v) is 5.26. The lowest BCUT2D eigenvalue weighted by Gasteiger charge is -2.12. The van der Waals surface area contributed by atoms with Gasteiger partial charge in [0.2, 0.25) is 0 Å². The fourth-order valence-corrected chi connectivity index (χ4v) is 2.15. The van der Waals surface area contributed by atoms with Gasteiger partial charge in [-0.1, -0.05) is 0 Å². The van der Waals surface area contributed by atoms with Crippen LogP contribution in [0.3, 0.4) is 0 Å². The number of benzene rings is 1. The lowest BCUT2D eigenvalue weighted by atomic mass is 10.1. The molecule has 2 N–H and O–H groups in total. The van der Waals surface area contributed by atoms with E-state index in [0.29, 0.717) is 11.1 Å². The molecule has 0 aliphatic carbocycles. The van der Waals surface area contributed by atoms with Crippen LogP contribution in [0.4, 0.5) is 4.39 Å². The molecule has 0 radical (unpaired) electrons. The van der Waals surface area contributed by atoms with Crippen LogP contribution in [0, 0.1) is 5.82 Å². The first-order valence-electron chi connectivity index (χ1n) is 6.83. The van der Waals surface area contributed by atoms with Gasteiger partial charge in [0, 0.05) is 18.7 Å². The molecule has 0 atom stereocenters. The summed E-state index contributed by atoms with van der Waals surface area (Å²) in [6.45, 7) is 0.468. The third kappa shape index (κ3) is 3.54. The van der Waals surface area contributed by atoms with Gasteiger partial charge >= 0.3 is 11.7 Å². The van der Waals surface area contributed by atoms with E-state index in [1.165, 1.54) is 12.1 Å². The van der Waals surface area contributed by atoms with E-state index in [4.69, 9.17) is 0 Å². The summed E-state index contributed by atoms with van der Waals surface area (Å²) < 4.78 is 13.7. The van der Waals surface area contributed by atoms with Crippen molar-refractivity contribution in [2.45, 2.75) is 6.42 Å². The SMILES string of the molecule is CN(C)CCc1[nH]c(=O)n(-c2ccc(F)cc2)c(=O)c1C(=O)O. The maximum absolute atomic E-state index is 13.0. The molecule has 0 amide bonds. The number of rotatable bonds is 5. The van der Waals surface area contributed by atoms with Crippen LogP contribution in [0.15, 0.2) is 33.9 Å². The summed E-state index contributed by atoms with van der Waals surface area (Å²) in [5.41, 5.74) is -2.03. The zero-order chi connectivity index (χ0) is 17.1. The number of halogens is 1. The van der Waals surface area contributed by atoms with Crippen molar-refractivity contribution in [3.63, 3.8) is 0 Å². The quantitative estimate of drug-likeness (QED) is 0.834. The Balaban J connectivity index is 2.64. The number of carbonyl (C=O) groups is 1. The molecule has 0 aliphatic heterocycles. The van der Waals surface area contributed by atoms with Crippen molar-refractivity contribution in [3.05, 3.63) is 62.2 Å². The minimum atomic E-state index is -1.42. The highest BCUT2D eigenvalue weighted by Crippen LogP contribution is 2.07. The summed E-state index contributed by atoms with van der Waals surface area (Å²) >= 11 is 0. The van der Waals surface area contributed by atoms with Crippen LogP contribution < -0.4 is 11.2 Å². The molecule has 1 aromatic heterocycles. The number of nitrogens with zero attached hydrogens (tertiary/aromatic N) is 2. The highest BCUT2D eigenvalue weighted by atomic mass is 19.1. The Bertz CT molecular complexity index is 837. The third-order valence-electron chi connectivity index (χ3n) is 3.29. The summed E-state index contributed by atoms with van der Waals surface area (Å²) in [4.78, 5) is 40.3. The zero-order valence-electron chi connectivity index (χ0n) is 12.7. The summed E-state index contributed by atoms with van der Waals surface area (Å²) in [6, 6.07) is 4.64. The van der Waals surface area contributed by atoms with Gasteiger partial charge in [0.1, 0.15) is 11.4 Å². The van der Waals surface area contributed by atoms with E-state index in [9.17, 15) is 23.9 Å². The molecule has 1 heterocycles. The molecule has 1 aromatic carbocycles. The summed E-state index contributed by atoms with van der Waals surface area (Å²) in [7, 11) is 3.58. The minimum Gasteiger partial charge on any atom is -0.477 e. The molecule has 23 heavy (non-hydrogen) atoms. The first-order chi connectivity index (χ1) is 10.8. The molecular formula is C15H16FN3O4. The van der Waals surface area contributed by atoms with Gasteiger partial charge in [-0.05, 0) is 38.4 Å². The summed E-state index contributed by atoms with van der Waals surface area (Å²) in [6.07, 6.45) is 0.212. The normalized spacial score (nSPS) is 11.0. The average Bonchev–Trinajstić information content (AvgIpc) is 2.46. The van der Waals surface area contributed by atoms with Crippen LogP contribution >= 0.6 is 0 Å². The molecule has 0 saturated carbocycles. The van der Waals surface area contributed by atoms with Crippen LogP contribution in [0.5, 0.6) is 0 Å². The van der Waals surface area contributed by atoms with E-state index < -0.39 is 28.6 Å². The topological polar surface area (TPSA) is 95.4 Å². The van der Waals surface area contributed by atoms with Crippen molar-refractivity contribution in [2.75, 3.05) is 20.6 Å². The van der Waals surface area contributed by atoms with E-state index in [0.717, 1.165) is 12.1 Å². The number of nitrogens with one attached hydrogen (secondary N) is 1. The highest BCUT2D eigenvalue weighted by molar-refractivity contribution is 5.88. The number of aromatic amines is 1. The van der Waals surface area contributed by atoms with Crippen molar-refractivity contribution in [3.8, 4) is 5.69 Å². The van der Waals surface area contributed by atoms with Crippen molar-refractivity contribution in [1.82, 2.24) is 14.5 Å². The van der Waals surface area contributed by atoms with Crippen LogP contribution in [0.2, 0.25) is 0 Å². The second kappa shape index (κ2) is 6.57. The lowest BCUT2D eigenvalue weighted by molar-refractivity contribution is 0.0692. The van der Waals surface area contributed by atoms with Gasteiger partial charge in [0.05, 0.1) is 5.69 Å². The Labute approximate surface area is 130 Å². The predicted octanol–water partition coefficient (Wildman–Crippen LogP) is 0.467.